The van der Waals surface area contributed by atoms with Crippen LogP contribution >= 0.6 is 0 Å². The number of likely N-dealkylation sites (N-methyl/N-ethyl adjacent to an activating group) is 1. The second-order valence-corrected chi connectivity index (χ2v) is 4.31. The molecule has 0 radical (unpaired) electrons. The van der Waals surface area contributed by atoms with E-state index in [4.69, 9.17) is 0 Å². The van der Waals surface area contributed by atoms with Gasteiger partial charge in [0.2, 0.25) is 5.96 Å². The fraction of sp³-hybridized carbons (Fsp3) is 0.545. The molecule has 1 saturated heterocycles. The van der Waals surface area contributed by atoms with Crippen molar-refractivity contribution in [1.82, 2.24) is 14.9 Å². The molecule has 0 atom stereocenters. The molecule has 0 unspecified atom stereocenters. The quantitative estimate of drug-likeness (QED) is 0.346. The van der Waals surface area contributed by atoms with Crippen molar-refractivity contribution in [1.29, 1.82) is 0 Å². The van der Waals surface area contributed by atoms with Gasteiger partial charge < -0.3 is 9.80 Å². The molecule has 96 valence electrons. The van der Waals surface area contributed by atoms with Crippen molar-refractivity contribution in [2.75, 3.05) is 34.2 Å². The molecule has 1 aliphatic rings. The lowest BCUT2D eigenvalue weighted by molar-refractivity contribution is -0.0151. The smallest absolute Gasteiger partial charge is 0.226 e. The predicted octanol–water partition coefficient (Wildman–Crippen LogP) is 0.906. The number of hydrogen-bond acceptors (Lipinski definition) is 3. The van der Waals surface area contributed by atoms with Gasteiger partial charge in [0.15, 0.2) is 0 Å². The third-order valence-corrected chi connectivity index (χ3v) is 2.71. The summed E-state index contributed by atoms with van der Waals surface area (Å²) < 4.78 is 12.8. The maximum Gasteiger partial charge on any atom is 0.226 e. The van der Waals surface area contributed by atoms with E-state index in [1.807, 2.05) is 19.0 Å². The number of rotatable bonds is 3. The van der Waals surface area contributed by atoms with E-state index in [2.05, 4.69) is 23.1 Å². The van der Waals surface area contributed by atoms with Crippen LogP contribution in [0, 0.1) is 0 Å². The Morgan fingerprint density at radius 3 is 2.24 bits per heavy atom. The summed E-state index contributed by atoms with van der Waals surface area (Å²) in [5, 5.41) is 10.3. The van der Waals surface area contributed by atoms with E-state index in [0.29, 0.717) is 6.04 Å². The maximum absolute atomic E-state index is 12.8. The lowest BCUT2D eigenvalue weighted by Crippen LogP contribution is -2.61. The van der Waals surface area contributed by atoms with Crippen molar-refractivity contribution in [3.63, 3.8) is 0 Å². The van der Waals surface area contributed by atoms with Gasteiger partial charge in [-0.3, -0.25) is 5.21 Å². The normalized spacial score (nSPS) is 17.1. The van der Waals surface area contributed by atoms with Crippen LogP contribution in [-0.2, 0) is 0 Å². The van der Waals surface area contributed by atoms with Crippen molar-refractivity contribution in [3.05, 3.63) is 24.7 Å². The highest BCUT2D eigenvalue weighted by Gasteiger charge is 2.32. The van der Waals surface area contributed by atoms with Crippen molar-refractivity contribution >= 4 is 5.96 Å². The largest absolute Gasteiger partial charge is 0.338 e. The maximum atomic E-state index is 12.8. The van der Waals surface area contributed by atoms with E-state index in [-0.39, 0.29) is 11.7 Å². The van der Waals surface area contributed by atoms with Crippen LogP contribution < -0.4 is 0 Å². The van der Waals surface area contributed by atoms with Gasteiger partial charge in [-0.15, -0.1) is 0 Å². The van der Waals surface area contributed by atoms with Crippen LogP contribution in [0.15, 0.2) is 29.7 Å². The van der Waals surface area contributed by atoms with Crippen LogP contribution in [0.4, 0.5) is 4.39 Å². The second-order valence-electron chi connectivity index (χ2n) is 4.31. The van der Waals surface area contributed by atoms with E-state index in [0.717, 1.165) is 18.2 Å². The topological polar surface area (TPSA) is 42.3 Å². The molecule has 0 saturated carbocycles. The number of nitrogens with zero attached hydrogens (tertiary/aromatic N) is 4. The molecule has 0 spiro atoms. The van der Waals surface area contributed by atoms with Crippen LogP contribution in [0.3, 0.4) is 0 Å². The molecule has 1 N–H and O–H groups in total. The molecule has 0 aliphatic carbocycles. The SMILES string of the molecule is C=C(F)C(=C)/N=C(\N(C)O)N1CC(N(C)C)C1. The van der Waals surface area contributed by atoms with Crippen molar-refractivity contribution in [2.45, 2.75) is 6.04 Å². The summed E-state index contributed by atoms with van der Waals surface area (Å²) in [6.45, 7) is 8.03. The van der Waals surface area contributed by atoms with Crippen molar-refractivity contribution < 1.29 is 9.60 Å². The second kappa shape index (κ2) is 5.29. The lowest BCUT2D eigenvalue weighted by Gasteiger charge is -2.45. The van der Waals surface area contributed by atoms with Crippen LogP contribution in [0.2, 0.25) is 0 Å². The summed E-state index contributed by atoms with van der Waals surface area (Å²) in [4.78, 5) is 7.86. The van der Waals surface area contributed by atoms with Crippen LogP contribution in [0.5, 0.6) is 0 Å². The molecule has 5 nitrogen and oxygen atoms in total. The minimum Gasteiger partial charge on any atom is -0.338 e. The zero-order chi connectivity index (χ0) is 13.2. The number of guanidine groups is 1. The Morgan fingerprint density at radius 2 is 1.88 bits per heavy atom. The van der Waals surface area contributed by atoms with Gasteiger partial charge in [0.05, 0.1) is 5.70 Å². The number of likely N-dealkylation sites (tertiary alicyclic amines) is 1. The fourth-order valence-electron chi connectivity index (χ4n) is 1.47. The molecule has 1 rings (SSSR count). The van der Waals surface area contributed by atoms with E-state index in [9.17, 15) is 9.60 Å². The molecule has 17 heavy (non-hydrogen) atoms. The van der Waals surface area contributed by atoms with E-state index < -0.39 is 5.83 Å². The number of aliphatic imine (C=N–C) groups is 1. The lowest BCUT2D eigenvalue weighted by atomic mass is 10.1. The molecule has 0 aromatic carbocycles. The van der Waals surface area contributed by atoms with E-state index in [1.165, 1.54) is 7.05 Å². The first-order valence-electron chi connectivity index (χ1n) is 5.29. The van der Waals surface area contributed by atoms with Gasteiger partial charge in [-0.25, -0.2) is 14.4 Å². The van der Waals surface area contributed by atoms with Gasteiger partial charge in [0.1, 0.15) is 5.83 Å². The molecule has 1 fully saturated rings. The summed E-state index contributed by atoms with van der Waals surface area (Å²) in [6, 6.07) is 0.419. The predicted molar refractivity (Wildman–Crippen MR) is 65.4 cm³/mol. The van der Waals surface area contributed by atoms with Gasteiger partial charge in [0.25, 0.3) is 0 Å². The number of hydrogen-bond donors (Lipinski definition) is 1. The zero-order valence-electron chi connectivity index (χ0n) is 10.5. The Hall–Kier alpha value is -1.40. The zero-order valence-corrected chi connectivity index (χ0v) is 10.5. The average Bonchev–Trinajstić information content (AvgIpc) is 2.12. The van der Waals surface area contributed by atoms with Crippen LogP contribution in [-0.4, -0.2) is 66.3 Å². The average molecular weight is 242 g/mol. The highest BCUT2D eigenvalue weighted by atomic mass is 19.1. The van der Waals surface area contributed by atoms with Gasteiger partial charge >= 0.3 is 0 Å². The molecular weight excluding hydrogens is 223 g/mol. The number of halogens is 1. The molecule has 1 aliphatic heterocycles. The molecule has 0 amide bonds. The Kier molecular flexibility index (Phi) is 4.25. The molecular formula is C11H19FN4O. The van der Waals surface area contributed by atoms with Gasteiger partial charge in [-0.2, -0.15) is 0 Å². The minimum absolute atomic E-state index is 0.0748. The van der Waals surface area contributed by atoms with E-state index >= 15 is 0 Å². The summed E-state index contributed by atoms with van der Waals surface area (Å²) in [5.74, 6) is -0.416. The third-order valence-electron chi connectivity index (χ3n) is 2.71. The van der Waals surface area contributed by atoms with Crippen LogP contribution in [0.1, 0.15) is 0 Å². The Balaban J connectivity index is 2.70. The first-order valence-corrected chi connectivity index (χ1v) is 5.29. The number of allylic oxidation sites excluding steroid dienone is 1. The van der Waals surface area contributed by atoms with E-state index in [1.54, 1.807) is 0 Å². The molecule has 1 heterocycles. The monoisotopic (exact) mass is 242 g/mol. The van der Waals surface area contributed by atoms with Crippen molar-refractivity contribution in [3.8, 4) is 0 Å². The first-order chi connectivity index (χ1) is 7.82. The fourth-order valence-corrected chi connectivity index (χ4v) is 1.47. The van der Waals surface area contributed by atoms with Gasteiger partial charge in [0, 0.05) is 26.2 Å². The van der Waals surface area contributed by atoms with Crippen molar-refractivity contribution in [2.24, 2.45) is 4.99 Å². The van der Waals surface area contributed by atoms with Gasteiger partial charge in [-0.1, -0.05) is 13.2 Å². The Labute approximate surface area is 101 Å². The summed E-state index contributed by atoms with van der Waals surface area (Å²) in [6.07, 6.45) is 0. The Morgan fingerprint density at radius 1 is 1.35 bits per heavy atom. The van der Waals surface area contributed by atoms with Gasteiger partial charge in [-0.05, 0) is 14.1 Å². The summed E-state index contributed by atoms with van der Waals surface area (Å²) in [7, 11) is 5.42. The minimum atomic E-state index is -0.700. The van der Waals surface area contributed by atoms with Crippen LogP contribution in [0.25, 0.3) is 0 Å². The third kappa shape index (κ3) is 3.28. The summed E-state index contributed by atoms with van der Waals surface area (Å²) in [5.41, 5.74) is -0.0748. The standard InChI is InChI=1S/C11H19FN4O/c1-8(12)9(2)13-11(15(5)17)16-6-10(7-16)14(3)4/h10,17H,1-2,6-7H2,3-5H3/b13-11+. The molecule has 0 aromatic heterocycles. The highest BCUT2D eigenvalue weighted by molar-refractivity contribution is 5.81. The molecule has 0 aromatic rings. The Bertz CT molecular complexity index is 345. The molecule has 6 heteroatoms. The highest BCUT2D eigenvalue weighted by Crippen LogP contribution is 2.16. The first kappa shape index (κ1) is 13.7. The summed E-state index contributed by atoms with van der Waals surface area (Å²) >= 11 is 0. The molecule has 0 bridgehead atoms. The number of hydroxylamine groups is 2.